The van der Waals surface area contributed by atoms with Gasteiger partial charge in [-0.25, -0.2) is 4.98 Å². The van der Waals surface area contributed by atoms with E-state index in [9.17, 15) is 0 Å². The maximum absolute atomic E-state index is 9.09. The Bertz CT molecular complexity index is 340. The molecule has 0 saturated heterocycles. The summed E-state index contributed by atoms with van der Waals surface area (Å²) >= 11 is 0. The molecule has 0 aromatic carbocycles. The van der Waals surface area contributed by atoms with Gasteiger partial charge in [-0.2, -0.15) is 0 Å². The first kappa shape index (κ1) is 11.2. The number of aliphatic hydroxyl groups excluding tert-OH is 1. The van der Waals surface area contributed by atoms with Crippen molar-refractivity contribution in [2.24, 2.45) is 0 Å². The normalized spacial score (nSPS) is 14.9. The Morgan fingerprint density at radius 3 is 3.00 bits per heavy atom. The second kappa shape index (κ2) is 5.16. The molecule has 0 amide bonds. The SMILES string of the molecule is CCOc1cccnc1N(CCO)C1CC1. The summed E-state index contributed by atoms with van der Waals surface area (Å²) in [4.78, 5) is 6.51. The molecule has 2 rings (SSSR count). The molecule has 1 N–H and O–H groups in total. The Balaban J connectivity index is 2.21. The Morgan fingerprint density at radius 2 is 2.38 bits per heavy atom. The molecule has 88 valence electrons. The zero-order valence-electron chi connectivity index (χ0n) is 9.59. The molecule has 1 saturated carbocycles. The molecule has 1 aromatic heterocycles. The van der Waals surface area contributed by atoms with E-state index in [0.717, 1.165) is 11.6 Å². The van der Waals surface area contributed by atoms with Crippen LogP contribution in [0.4, 0.5) is 5.82 Å². The highest BCUT2D eigenvalue weighted by molar-refractivity contribution is 5.53. The summed E-state index contributed by atoms with van der Waals surface area (Å²) in [6.45, 7) is 3.38. The molecule has 1 fully saturated rings. The monoisotopic (exact) mass is 222 g/mol. The number of pyridine rings is 1. The molecule has 1 aliphatic carbocycles. The highest BCUT2D eigenvalue weighted by Gasteiger charge is 2.31. The Kier molecular flexibility index (Phi) is 3.62. The summed E-state index contributed by atoms with van der Waals surface area (Å²) in [6.07, 6.45) is 4.13. The van der Waals surface area contributed by atoms with Crippen LogP contribution in [-0.4, -0.2) is 35.9 Å². The summed E-state index contributed by atoms with van der Waals surface area (Å²) in [6, 6.07) is 4.33. The summed E-state index contributed by atoms with van der Waals surface area (Å²) in [5.41, 5.74) is 0. The van der Waals surface area contributed by atoms with Crippen molar-refractivity contribution in [3.8, 4) is 5.75 Å². The highest BCUT2D eigenvalue weighted by Crippen LogP contribution is 2.34. The number of hydrogen-bond acceptors (Lipinski definition) is 4. The summed E-state index contributed by atoms with van der Waals surface area (Å²) in [5, 5.41) is 9.09. The average Bonchev–Trinajstić information content (AvgIpc) is 3.11. The van der Waals surface area contributed by atoms with Gasteiger partial charge >= 0.3 is 0 Å². The van der Waals surface area contributed by atoms with Crippen LogP contribution in [-0.2, 0) is 0 Å². The number of aromatic nitrogens is 1. The number of ether oxygens (including phenoxy) is 1. The van der Waals surface area contributed by atoms with Crippen molar-refractivity contribution < 1.29 is 9.84 Å². The van der Waals surface area contributed by atoms with Crippen molar-refractivity contribution in [2.45, 2.75) is 25.8 Å². The summed E-state index contributed by atoms with van der Waals surface area (Å²) in [7, 11) is 0. The Morgan fingerprint density at radius 1 is 1.56 bits per heavy atom. The molecule has 0 bridgehead atoms. The van der Waals surface area contributed by atoms with Crippen LogP contribution in [0.15, 0.2) is 18.3 Å². The van der Waals surface area contributed by atoms with Crippen molar-refractivity contribution in [3.63, 3.8) is 0 Å². The molecule has 0 atom stereocenters. The first-order valence-electron chi connectivity index (χ1n) is 5.82. The van der Waals surface area contributed by atoms with Crippen LogP contribution in [0.5, 0.6) is 5.75 Å². The Labute approximate surface area is 95.9 Å². The van der Waals surface area contributed by atoms with Gasteiger partial charge < -0.3 is 14.7 Å². The molecule has 16 heavy (non-hydrogen) atoms. The molecule has 4 nitrogen and oxygen atoms in total. The van der Waals surface area contributed by atoms with E-state index in [-0.39, 0.29) is 6.61 Å². The quantitative estimate of drug-likeness (QED) is 0.791. The van der Waals surface area contributed by atoms with Crippen LogP contribution in [0.2, 0.25) is 0 Å². The van der Waals surface area contributed by atoms with Crippen LogP contribution in [0.25, 0.3) is 0 Å². The van der Waals surface area contributed by atoms with E-state index in [1.807, 2.05) is 19.1 Å². The minimum atomic E-state index is 0.151. The fourth-order valence-electron chi connectivity index (χ4n) is 1.82. The molecule has 0 radical (unpaired) electrons. The first-order chi connectivity index (χ1) is 7.86. The van der Waals surface area contributed by atoms with Crippen LogP contribution in [0.3, 0.4) is 0 Å². The predicted octanol–water partition coefficient (Wildman–Crippen LogP) is 1.44. The molecule has 0 spiro atoms. The zero-order chi connectivity index (χ0) is 11.4. The lowest BCUT2D eigenvalue weighted by Crippen LogP contribution is -2.30. The van der Waals surface area contributed by atoms with E-state index in [0.29, 0.717) is 19.2 Å². The minimum absolute atomic E-state index is 0.151. The Hall–Kier alpha value is -1.29. The van der Waals surface area contributed by atoms with Crippen molar-refractivity contribution in [3.05, 3.63) is 18.3 Å². The van der Waals surface area contributed by atoms with Crippen molar-refractivity contribution in [2.75, 3.05) is 24.7 Å². The van der Waals surface area contributed by atoms with Gasteiger partial charge in [-0.05, 0) is 31.9 Å². The maximum Gasteiger partial charge on any atom is 0.171 e. The van der Waals surface area contributed by atoms with E-state index < -0.39 is 0 Å². The number of nitrogens with zero attached hydrogens (tertiary/aromatic N) is 2. The second-order valence-corrected chi connectivity index (χ2v) is 3.91. The molecule has 1 aromatic rings. The smallest absolute Gasteiger partial charge is 0.171 e. The lowest BCUT2D eigenvalue weighted by molar-refractivity contribution is 0.299. The van der Waals surface area contributed by atoms with Gasteiger partial charge in [0.2, 0.25) is 0 Å². The molecule has 0 aliphatic heterocycles. The van der Waals surface area contributed by atoms with Crippen LogP contribution < -0.4 is 9.64 Å². The number of anilines is 1. The lowest BCUT2D eigenvalue weighted by Gasteiger charge is -2.24. The van der Waals surface area contributed by atoms with Crippen LogP contribution in [0.1, 0.15) is 19.8 Å². The van der Waals surface area contributed by atoms with Crippen LogP contribution in [0, 0.1) is 0 Å². The standard InChI is InChI=1S/C12H18N2O2/c1-2-16-11-4-3-7-13-12(11)14(8-9-15)10-5-6-10/h3-4,7,10,15H,2,5-6,8-9H2,1H3. The second-order valence-electron chi connectivity index (χ2n) is 3.91. The third-order valence-electron chi connectivity index (χ3n) is 2.65. The van der Waals surface area contributed by atoms with Gasteiger partial charge in [0.25, 0.3) is 0 Å². The first-order valence-corrected chi connectivity index (χ1v) is 5.82. The van der Waals surface area contributed by atoms with E-state index in [4.69, 9.17) is 9.84 Å². The van der Waals surface area contributed by atoms with Gasteiger partial charge in [0.15, 0.2) is 11.6 Å². The minimum Gasteiger partial charge on any atom is -0.490 e. The zero-order valence-corrected chi connectivity index (χ0v) is 9.59. The van der Waals surface area contributed by atoms with Gasteiger partial charge in [0, 0.05) is 18.8 Å². The van der Waals surface area contributed by atoms with E-state index in [2.05, 4.69) is 9.88 Å². The van der Waals surface area contributed by atoms with Gasteiger partial charge in [-0.3, -0.25) is 0 Å². The van der Waals surface area contributed by atoms with Gasteiger partial charge in [0.1, 0.15) is 0 Å². The van der Waals surface area contributed by atoms with E-state index in [1.54, 1.807) is 6.20 Å². The fraction of sp³-hybridized carbons (Fsp3) is 0.583. The molecular formula is C12H18N2O2. The van der Waals surface area contributed by atoms with Gasteiger partial charge in [-0.1, -0.05) is 0 Å². The molecule has 0 unspecified atom stereocenters. The van der Waals surface area contributed by atoms with E-state index >= 15 is 0 Å². The third kappa shape index (κ3) is 2.44. The number of aliphatic hydroxyl groups is 1. The summed E-state index contributed by atoms with van der Waals surface area (Å²) < 4.78 is 5.56. The topological polar surface area (TPSA) is 45.6 Å². The molecule has 1 heterocycles. The van der Waals surface area contributed by atoms with E-state index in [1.165, 1.54) is 12.8 Å². The largest absolute Gasteiger partial charge is 0.490 e. The van der Waals surface area contributed by atoms with Crippen molar-refractivity contribution in [1.82, 2.24) is 4.98 Å². The lowest BCUT2D eigenvalue weighted by atomic mass is 10.3. The van der Waals surface area contributed by atoms with Crippen molar-refractivity contribution >= 4 is 5.82 Å². The third-order valence-corrected chi connectivity index (χ3v) is 2.65. The molecule has 4 heteroatoms. The van der Waals surface area contributed by atoms with Gasteiger partial charge in [0.05, 0.1) is 13.2 Å². The number of hydrogen-bond donors (Lipinski definition) is 1. The molecule has 1 aliphatic rings. The molecular weight excluding hydrogens is 204 g/mol. The van der Waals surface area contributed by atoms with Crippen molar-refractivity contribution in [1.29, 1.82) is 0 Å². The number of rotatable bonds is 6. The van der Waals surface area contributed by atoms with Crippen LogP contribution >= 0.6 is 0 Å². The summed E-state index contributed by atoms with van der Waals surface area (Å²) in [5.74, 6) is 1.67. The average molecular weight is 222 g/mol. The fourth-order valence-corrected chi connectivity index (χ4v) is 1.82. The maximum atomic E-state index is 9.09. The highest BCUT2D eigenvalue weighted by atomic mass is 16.5. The predicted molar refractivity (Wildman–Crippen MR) is 62.9 cm³/mol. The van der Waals surface area contributed by atoms with Gasteiger partial charge in [-0.15, -0.1) is 0 Å².